The second-order valence-corrected chi connectivity index (χ2v) is 7.64. The number of aryl methyl sites for hydroxylation is 2. The van der Waals surface area contributed by atoms with E-state index < -0.39 is 10.0 Å². The Bertz CT molecular complexity index is 764. The number of rotatable bonds is 6. The van der Waals surface area contributed by atoms with E-state index in [0.717, 1.165) is 22.6 Å². The van der Waals surface area contributed by atoms with Crippen LogP contribution in [0.2, 0.25) is 0 Å². The molecular formula is C17H24N2O3S. The third-order valence-corrected chi connectivity index (χ3v) is 5.44. The van der Waals surface area contributed by atoms with E-state index in [1.54, 1.807) is 12.1 Å². The van der Waals surface area contributed by atoms with E-state index >= 15 is 0 Å². The van der Waals surface area contributed by atoms with Gasteiger partial charge in [0.15, 0.2) is 0 Å². The van der Waals surface area contributed by atoms with Crippen LogP contribution >= 0.6 is 0 Å². The molecule has 0 aliphatic carbocycles. The monoisotopic (exact) mass is 336 g/mol. The van der Waals surface area contributed by atoms with Crippen LogP contribution in [0.1, 0.15) is 48.6 Å². The van der Waals surface area contributed by atoms with E-state index in [4.69, 9.17) is 4.42 Å². The molecule has 0 amide bonds. The van der Waals surface area contributed by atoms with Crippen molar-refractivity contribution in [1.82, 2.24) is 10.0 Å². The zero-order chi connectivity index (χ0) is 17.2. The van der Waals surface area contributed by atoms with Gasteiger partial charge in [-0.05, 0) is 58.5 Å². The Labute approximate surface area is 138 Å². The fourth-order valence-corrected chi connectivity index (χ4v) is 3.42. The van der Waals surface area contributed by atoms with Crippen molar-refractivity contribution in [3.8, 4) is 0 Å². The normalized spacial score (nSPS) is 14.7. The van der Waals surface area contributed by atoms with Crippen LogP contribution in [0.5, 0.6) is 0 Å². The Kier molecular flexibility index (Phi) is 5.29. The van der Waals surface area contributed by atoms with Crippen molar-refractivity contribution in [2.45, 2.75) is 44.7 Å². The van der Waals surface area contributed by atoms with Gasteiger partial charge in [-0.1, -0.05) is 12.1 Å². The molecule has 1 heterocycles. The first-order valence-electron chi connectivity index (χ1n) is 7.61. The highest BCUT2D eigenvalue weighted by Crippen LogP contribution is 2.25. The molecule has 0 radical (unpaired) electrons. The maximum absolute atomic E-state index is 11.7. The molecule has 2 N–H and O–H groups in total. The topological polar surface area (TPSA) is 71.3 Å². The maximum atomic E-state index is 11.7. The molecule has 0 saturated heterocycles. The van der Waals surface area contributed by atoms with Crippen LogP contribution < -0.4 is 10.0 Å². The summed E-state index contributed by atoms with van der Waals surface area (Å²) in [4.78, 5) is 0.269. The Morgan fingerprint density at radius 2 is 1.65 bits per heavy atom. The third kappa shape index (κ3) is 4.02. The van der Waals surface area contributed by atoms with Gasteiger partial charge in [-0.3, -0.25) is 0 Å². The van der Waals surface area contributed by atoms with E-state index in [1.165, 1.54) is 7.05 Å². The average Bonchev–Trinajstić information content (AvgIpc) is 2.86. The smallest absolute Gasteiger partial charge is 0.240 e. The van der Waals surface area contributed by atoms with E-state index in [2.05, 4.69) is 23.9 Å². The fourth-order valence-electron chi connectivity index (χ4n) is 2.69. The van der Waals surface area contributed by atoms with E-state index in [-0.39, 0.29) is 17.0 Å². The number of furan rings is 1. The van der Waals surface area contributed by atoms with Crippen molar-refractivity contribution in [1.29, 1.82) is 0 Å². The first kappa shape index (κ1) is 17.7. The third-order valence-electron chi connectivity index (χ3n) is 4.01. The Hall–Kier alpha value is -1.63. The van der Waals surface area contributed by atoms with Gasteiger partial charge < -0.3 is 9.73 Å². The first-order valence-corrected chi connectivity index (χ1v) is 9.09. The summed E-state index contributed by atoms with van der Waals surface area (Å²) in [6.45, 7) is 8.05. The number of benzene rings is 1. The molecule has 0 unspecified atom stereocenters. The van der Waals surface area contributed by atoms with Crippen molar-refractivity contribution < 1.29 is 12.8 Å². The summed E-state index contributed by atoms with van der Waals surface area (Å²) in [6, 6.07) is 9.19. The highest BCUT2D eigenvalue weighted by atomic mass is 32.2. The molecule has 0 aliphatic rings. The van der Waals surface area contributed by atoms with Crippen LogP contribution in [0.15, 0.2) is 39.6 Å². The van der Waals surface area contributed by atoms with Gasteiger partial charge in [-0.2, -0.15) is 0 Å². The lowest BCUT2D eigenvalue weighted by atomic mass is 10.0. The predicted molar refractivity (Wildman–Crippen MR) is 90.8 cm³/mol. The minimum atomic E-state index is -3.39. The van der Waals surface area contributed by atoms with Crippen molar-refractivity contribution >= 4 is 10.0 Å². The molecule has 2 aromatic rings. The second-order valence-electron chi connectivity index (χ2n) is 5.76. The van der Waals surface area contributed by atoms with Crippen molar-refractivity contribution in [3.05, 3.63) is 53.0 Å². The van der Waals surface area contributed by atoms with Gasteiger partial charge in [0.1, 0.15) is 11.5 Å². The summed E-state index contributed by atoms with van der Waals surface area (Å²) in [5.74, 6) is 1.82. The van der Waals surface area contributed by atoms with Crippen molar-refractivity contribution in [3.63, 3.8) is 0 Å². The molecule has 23 heavy (non-hydrogen) atoms. The molecule has 2 rings (SSSR count). The number of hydrogen-bond donors (Lipinski definition) is 2. The maximum Gasteiger partial charge on any atom is 0.240 e. The lowest BCUT2D eigenvalue weighted by Gasteiger charge is -2.20. The van der Waals surface area contributed by atoms with Gasteiger partial charge in [0.05, 0.1) is 4.90 Å². The quantitative estimate of drug-likeness (QED) is 0.850. The Morgan fingerprint density at radius 3 is 2.13 bits per heavy atom. The van der Waals surface area contributed by atoms with Gasteiger partial charge >= 0.3 is 0 Å². The van der Waals surface area contributed by atoms with Gasteiger partial charge in [-0.15, -0.1) is 0 Å². The lowest BCUT2D eigenvalue weighted by molar-refractivity contribution is 0.469. The second kappa shape index (κ2) is 6.86. The van der Waals surface area contributed by atoms with Gasteiger partial charge in [0, 0.05) is 17.6 Å². The molecular weight excluding hydrogens is 312 g/mol. The summed E-state index contributed by atoms with van der Waals surface area (Å²) in [5, 5.41) is 3.51. The lowest BCUT2D eigenvalue weighted by Crippen LogP contribution is -2.23. The summed E-state index contributed by atoms with van der Waals surface area (Å²) in [5.41, 5.74) is 2.17. The van der Waals surface area contributed by atoms with Crippen LogP contribution in [0.4, 0.5) is 0 Å². The summed E-state index contributed by atoms with van der Waals surface area (Å²) in [6.07, 6.45) is 0. The standard InChI is InChI=1S/C17H24N2O3S/c1-11-10-17(14(4)22-11)13(3)19-12(2)15-6-8-16(9-7-15)23(20,21)18-5/h6-10,12-13,18-19H,1-5H3/t12-,13-/m0/s1. The highest BCUT2D eigenvalue weighted by Gasteiger charge is 2.17. The highest BCUT2D eigenvalue weighted by molar-refractivity contribution is 7.89. The van der Waals surface area contributed by atoms with Crippen LogP contribution in [0, 0.1) is 13.8 Å². The van der Waals surface area contributed by atoms with Crippen LogP contribution in [-0.4, -0.2) is 15.5 Å². The molecule has 0 aliphatic heterocycles. The molecule has 0 spiro atoms. The summed E-state index contributed by atoms with van der Waals surface area (Å²) in [7, 11) is -1.99. The minimum absolute atomic E-state index is 0.0888. The zero-order valence-electron chi connectivity index (χ0n) is 14.2. The molecule has 5 nitrogen and oxygen atoms in total. The molecule has 0 bridgehead atoms. The Morgan fingerprint density at radius 1 is 1.04 bits per heavy atom. The van der Waals surface area contributed by atoms with Crippen LogP contribution in [0.3, 0.4) is 0 Å². The summed E-state index contributed by atoms with van der Waals surface area (Å²) < 4.78 is 31.4. The minimum Gasteiger partial charge on any atom is -0.466 e. The Balaban J connectivity index is 2.12. The van der Waals surface area contributed by atoms with E-state index in [1.807, 2.05) is 32.0 Å². The molecule has 1 aromatic heterocycles. The van der Waals surface area contributed by atoms with Crippen LogP contribution in [-0.2, 0) is 10.0 Å². The molecule has 126 valence electrons. The average molecular weight is 336 g/mol. The predicted octanol–water partition coefficient (Wildman–Crippen LogP) is 3.22. The summed E-state index contributed by atoms with van der Waals surface area (Å²) >= 11 is 0. The molecule has 6 heteroatoms. The first-order chi connectivity index (χ1) is 10.7. The fraction of sp³-hybridized carbons (Fsp3) is 0.412. The van der Waals surface area contributed by atoms with Crippen molar-refractivity contribution in [2.75, 3.05) is 7.05 Å². The largest absolute Gasteiger partial charge is 0.466 e. The molecule has 0 saturated carbocycles. The number of hydrogen-bond acceptors (Lipinski definition) is 4. The molecule has 2 atom stereocenters. The SMILES string of the molecule is CNS(=O)(=O)c1ccc([C@H](C)N[C@@H](C)c2cc(C)oc2C)cc1. The number of nitrogens with one attached hydrogen (secondary N) is 2. The van der Waals surface area contributed by atoms with Gasteiger partial charge in [0.2, 0.25) is 10.0 Å². The van der Waals surface area contributed by atoms with Crippen LogP contribution in [0.25, 0.3) is 0 Å². The van der Waals surface area contributed by atoms with E-state index in [0.29, 0.717) is 0 Å². The van der Waals surface area contributed by atoms with Gasteiger partial charge in [0.25, 0.3) is 0 Å². The van der Waals surface area contributed by atoms with Gasteiger partial charge in [-0.25, -0.2) is 13.1 Å². The number of sulfonamides is 1. The molecule has 1 aromatic carbocycles. The zero-order valence-corrected chi connectivity index (χ0v) is 15.0. The molecule has 0 fully saturated rings. The van der Waals surface area contributed by atoms with Crippen molar-refractivity contribution in [2.24, 2.45) is 0 Å². The van der Waals surface area contributed by atoms with E-state index in [9.17, 15) is 8.42 Å².